The third kappa shape index (κ3) is 315. The minimum absolute atomic E-state index is 0. The third-order valence-electron chi connectivity index (χ3n) is 0. The SMILES string of the molecule is C.C[CH-]C.C[CH-]C.[2H][CH-]C.[CH3-].[Y].[Y]. The van der Waals surface area contributed by atoms with Crippen LogP contribution < -0.4 is 0 Å². The first-order valence-corrected chi connectivity index (χ1v) is 2.89. The second kappa shape index (κ2) is 111. The van der Waals surface area contributed by atoms with E-state index in [-0.39, 0.29) is 80.3 Å². The molecule has 0 rings (SSSR count). The summed E-state index contributed by atoms with van der Waals surface area (Å²) in [6.45, 7) is 10.9. The van der Waals surface area contributed by atoms with Crippen LogP contribution in [0.15, 0.2) is 0 Å². The van der Waals surface area contributed by atoms with Crippen LogP contribution in [-0.2, 0) is 65.4 Å². The Kier molecular flexibility index (Phi) is 341. The molecule has 76 valence electrons. The van der Waals surface area contributed by atoms with Gasteiger partial charge in [0.1, 0.15) is 0 Å². The average Bonchev–Trinajstić information content (AvgIpc) is 1.70. The fraction of sp³-hybridized carbons (Fsp3) is 0.600. The van der Waals surface area contributed by atoms with Crippen molar-refractivity contribution < 1.29 is 66.8 Å². The van der Waals surface area contributed by atoms with Crippen LogP contribution in [-0.4, -0.2) is 0 Å². The van der Waals surface area contributed by atoms with E-state index in [0.717, 1.165) is 0 Å². The van der Waals surface area contributed by atoms with Crippen LogP contribution in [0.1, 0.15) is 43.4 Å². The van der Waals surface area contributed by atoms with Crippen molar-refractivity contribution in [3.05, 3.63) is 27.2 Å². The van der Waals surface area contributed by atoms with Gasteiger partial charge in [0.25, 0.3) is 0 Å². The van der Waals surface area contributed by atoms with Gasteiger partial charge in [0.05, 0.1) is 0 Å². The summed E-state index contributed by atoms with van der Waals surface area (Å²) >= 11 is 0. The molecule has 12 heavy (non-hydrogen) atoms. The summed E-state index contributed by atoms with van der Waals surface area (Å²) in [7, 11) is 0. The predicted molar refractivity (Wildman–Crippen MR) is 55.5 cm³/mol. The summed E-state index contributed by atoms with van der Waals surface area (Å²) in [4.78, 5) is 0. The largest absolute Gasteiger partial charge is 0.358 e. The van der Waals surface area contributed by atoms with Crippen LogP contribution in [0.4, 0.5) is 0 Å². The van der Waals surface area contributed by atoms with Crippen molar-refractivity contribution in [1.82, 2.24) is 0 Å². The predicted octanol–water partition coefficient (Wildman–Crippen LogP) is 4.38. The molecule has 0 aliphatic rings. The maximum Gasteiger partial charge on any atom is 0 e. The molecule has 0 amide bonds. The Labute approximate surface area is 134 Å². The topological polar surface area (TPSA) is 0 Å². The van der Waals surface area contributed by atoms with Crippen LogP contribution in [0.25, 0.3) is 0 Å². The van der Waals surface area contributed by atoms with E-state index in [1.54, 1.807) is 6.92 Å². The molecule has 0 spiro atoms. The molecule has 0 unspecified atom stereocenters. The molecular weight excluding hydrogens is 298 g/mol. The second-order valence-electron chi connectivity index (χ2n) is 1.15. The van der Waals surface area contributed by atoms with Gasteiger partial charge >= 0.3 is 0 Å². The maximum atomic E-state index is 6.08. The maximum absolute atomic E-state index is 6.08. The van der Waals surface area contributed by atoms with Crippen molar-refractivity contribution in [1.29, 1.82) is 0 Å². The Morgan fingerprint density at radius 2 is 1.00 bits per heavy atom. The van der Waals surface area contributed by atoms with E-state index in [2.05, 4.69) is 0 Å². The van der Waals surface area contributed by atoms with Crippen molar-refractivity contribution in [2.75, 3.05) is 0 Å². The molecule has 0 heterocycles. The number of rotatable bonds is 0. The van der Waals surface area contributed by atoms with E-state index in [1.165, 1.54) is 6.90 Å². The molecule has 0 aromatic heterocycles. The van der Waals surface area contributed by atoms with E-state index >= 15 is 0 Å². The van der Waals surface area contributed by atoms with E-state index < -0.39 is 0 Å². The summed E-state index contributed by atoms with van der Waals surface area (Å²) in [6, 6.07) is 0. The minimum Gasteiger partial charge on any atom is -0.358 e. The summed E-state index contributed by atoms with van der Waals surface area (Å²) in [5.41, 5.74) is 0. The Bertz CT molecular complexity index is 17.6. The van der Waals surface area contributed by atoms with Crippen LogP contribution in [0.2, 0.25) is 0 Å². The fourth-order valence-electron chi connectivity index (χ4n) is 0. The Hall–Kier alpha value is 2.21. The van der Waals surface area contributed by atoms with Gasteiger partial charge in [-0.15, -0.1) is 0 Å². The molecule has 2 heteroatoms. The number of hydrogen-bond acceptors (Lipinski definition) is 0. The van der Waals surface area contributed by atoms with Crippen molar-refractivity contribution in [3.63, 3.8) is 0 Å². The van der Waals surface area contributed by atoms with E-state index in [9.17, 15) is 0 Å². The molecule has 0 aromatic rings. The summed E-state index contributed by atoms with van der Waals surface area (Å²) < 4.78 is 6.08. The molecule has 0 saturated heterocycles. The fourth-order valence-corrected chi connectivity index (χ4v) is 0. The Morgan fingerprint density at radius 3 is 1.00 bits per heavy atom. The van der Waals surface area contributed by atoms with Gasteiger partial charge in [-0.2, -0.15) is 34.6 Å². The molecule has 2 radical (unpaired) electrons. The van der Waals surface area contributed by atoms with Gasteiger partial charge in [0.15, 0.2) is 0 Å². The Balaban J connectivity index is -0.00000000720. The summed E-state index contributed by atoms with van der Waals surface area (Å²) in [5, 5.41) is 0. The molecule has 0 aromatic carbocycles. The molecule has 0 N–H and O–H groups in total. The molecule has 0 fully saturated rings. The van der Waals surface area contributed by atoms with Gasteiger partial charge in [-0.3, -0.25) is 0 Å². The zero-order valence-corrected chi connectivity index (χ0v) is 14.6. The van der Waals surface area contributed by atoms with Crippen LogP contribution in [0.5, 0.6) is 0 Å². The summed E-state index contributed by atoms with van der Waals surface area (Å²) in [5.74, 6) is 0. The first-order valence-electron chi connectivity index (χ1n) is 3.46. The van der Waals surface area contributed by atoms with Crippen molar-refractivity contribution in [2.24, 2.45) is 0 Å². The van der Waals surface area contributed by atoms with Gasteiger partial charge in [-0.25, -0.2) is 1.37 Å². The molecule has 0 saturated carbocycles. The molecule has 0 aliphatic carbocycles. The smallest absolute Gasteiger partial charge is 0 e. The van der Waals surface area contributed by atoms with Crippen molar-refractivity contribution >= 4 is 0 Å². The van der Waals surface area contributed by atoms with Crippen LogP contribution in [0.3, 0.4) is 0 Å². The standard InChI is InChI=1S/2C3H7.C2H5.CH4.CH3.2Y/c2*1-3-2;1-2;;;;/h2*3H,1-2H3;1H2,2H3;1H4;1H3;;/q3*-1;;-1;;/i;;1D;;;;. The van der Waals surface area contributed by atoms with Crippen LogP contribution in [0, 0.1) is 27.2 Å². The first kappa shape index (κ1) is 36.8. The molecular formula is C10H26Y2-4. The van der Waals surface area contributed by atoms with Gasteiger partial charge in [-0.05, 0) is 0 Å². The monoisotopic (exact) mass is 325 g/mol. The second-order valence-corrected chi connectivity index (χ2v) is 1.15. The Morgan fingerprint density at radius 1 is 1.00 bits per heavy atom. The normalized spacial score (nSPS) is 4.58. The van der Waals surface area contributed by atoms with E-state index in [0.29, 0.717) is 0 Å². The van der Waals surface area contributed by atoms with Crippen molar-refractivity contribution in [3.8, 4) is 0 Å². The minimum atomic E-state index is 0. The zero-order chi connectivity index (χ0) is 8.12. The molecule has 0 atom stereocenters. The van der Waals surface area contributed by atoms with Gasteiger partial charge in [0.2, 0.25) is 0 Å². The third-order valence-corrected chi connectivity index (χ3v) is 0. The van der Waals surface area contributed by atoms with E-state index in [1.807, 2.05) is 40.5 Å². The van der Waals surface area contributed by atoms with Gasteiger partial charge < -0.3 is 27.2 Å². The quantitative estimate of drug-likeness (QED) is 0.580. The van der Waals surface area contributed by atoms with Gasteiger partial charge in [-0.1, -0.05) is 7.43 Å². The van der Waals surface area contributed by atoms with Crippen molar-refractivity contribution in [2.45, 2.75) is 42.0 Å². The molecule has 0 bridgehead atoms. The summed E-state index contributed by atoms with van der Waals surface area (Å²) in [6.07, 6.45) is 4.00. The zero-order valence-electron chi connectivity index (χ0n) is 9.89. The van der Waals surface area contributed by atoms with E-state index in [4.69, 9.17) is 1.37 Å². The first-order chi connectivity index (χ1) is 4.24. The average molecular weight is 325 g/mol. The molecule has 0 aliphatic heterocycles. The van der Waals surface area contributed by atoms with Gasteiger partial charge in [0, 0.05) is 65.4 Å². The van der Waals surface area contributed by atoms with Crippen LogP contribution >= 0.6 is 0 Å². The molecule has 0 nitrogen and oxygen atoms in total. The number of hydrogen-bond donors (Lipinski definition) is 0.